The minimum absolute atomic E-state index is 0.127. The molecule has 162 valence electrons. The number of carbonyl (C=O) groups excluding carboxylic acids is 1. The first kappa shape index (κ1) is 21.5. The maximum atomic E-state index is 11.9. The second kappa shape index (κ2) is 9.20. The van der Waals surface area contributed by atoms with Crippen molar-refractivity contribution in [2.75, 3.05) is 14.1 Å². The zero-order chi connectivity index (χ0) is 22.7. The lowest BCUT2D eigenvalue weighted by Gasteiger charge is -2.14. The standard InChI is InChI=1S/C24H22ClN5O2/c1-16-11-21(30-10-9-26-15-30)18-5-4-6-22(24(18)28-16)32-14-19-17(12-27-13-20(19)25)7-8-23(31)29(2)3/h4-13,15H,14H2,1-3H3. The number of fused-ring (bicyclic) bond motifs is 1. The number of hydrogen-bond acceptors (Lipinski definition) is 5. The molecule has 0 aliphatic rings. The van der Waals surface area contributed by atoms with E-state index < -0.39 is 0 Å². The van der Waals surface area contributed by atoms with E-state index in [2.05, 4.69) is 9.97 Å². The summed E-state index contributed by atoms with van der Waals surface area (Å²) in [5.41, 5.74) is 4.05. The number of aryl methyl sites for hydroxylation is 1. The highest BCUT2D eigenvalue weighted by atomic mass is 35.5. The molecule has 4 rings (SSSR count). The maximum absolute atomic E-state index is 11.9. The second-order valence-corrected chi connectivity index (χ2v) is 7.86. The Bertz CT molecular complexity index is 1300. The van der Waals surface area contributed by atoms with Gasteiger partial charge in [0.25, 0.3) is 0 Å². The predicted molar refractivity (Wildman–Crippen MR) is 125 cm³/mol. The average molecular weight is 448 g/mol. The zero-order valence-electron chi connectivity index (χ0n) is 18.0. The van der Waals surface area contributed by atoms with Crippen LogP contribution < -0.4 is 4.74 Å². The molecule has 4 aromatic rings. The Kier molecular flexibility index (Phi) is 6.18. The monoisotopic (exact) mass is 447 g/mol. The summed E-state index contributed by atoms with van der Waals surface area (Å²) in [6.07, 6.45) is 11.8. The molecule has 0 unspecified atom stereocenters. The Hall–Kier alpha value is -3.71. The van der Waals surface area contributed by atoms with Crippen LogP contribution in [-0.2, 0) is 11.4 Å². The van der Waals surface area contributed by atoms with Gasteiger partial charge in [0.2, 0.25) is 5.91 Å². The number of halogens is 1. The van der Waals surface area contributed by atoms with Gasteiger partial charge in [-0.25, -0.2) is 9.97 Å². The van der Waals surface area contributed by atoms with Crippen molar-refractivity contribution in [2.45, 2.75) is 13.5 Å². The van der Waals surface area contributed by atoms with E-state index in [1.807, 2.05) is 42.0 Å². The molecule has 7 nitrogen and oxygen atoms in total. The van der Waals surface area contributed by atoms with E-state index in [4.69, 9.17) is 21.3 Å². The number of benzene rings is 1. The lowest BCUT2D eigenvalue weighted by Crippen LogP contribution is -2.18. The van der Waals surface area contributed by atoms with Crippen LogP contribution >= 0.6 is 11.6 Å². The molecule has 0 atom stereocenters. The number of nitrogens with zero attached hydrogens (tertiary/aromatic N) is 5. The third-order valence-corrected chi connectivity index (χ3v) is 5.27. The van der Waals surface area contributed by atoms with Crippen LogP contribution in [0.4, 0.5) is 0 Å². The van der Waals surface area contributed by atoms with Gasteiger partial charge in [-0.2, -0.15) is 0 Å². The van der Waals surface area contributed by atoms with Crippen LogP contribution in [0.15, 0.2) is 61.5 Å². The smallest absolute Gasteiger partial charge is 0.246 e. The molecule has 8 heteroatoms. The molecule has 0 aliphatic carbocycles. The molecular formula is C24H22ClN5O2. The SMILES string of the molecule is Cc1cc(-n2ccnc2)c2cccc(OCc3c(Cl)cncc3C=CC(=O)N(C)C)c2n1. The van der Waals surface area contributed by atoms with E-state index in [-0.39, 0.29) is 12.5 Å². The van der Waals surface area contributed by atoms with Crippen LogP contribution in [0, 0.1) is 6.92 Å². The number of imidazole rings is 1. The van der Waals surface area contributed by atoms with Crippen molar-refractivity contribution in [3.8, 4) is 11.4 Å². The molecule has 0 saturated heterocycles. The number of rotatable bonds is 6. The maximum Gasteiger partial charge on any atom is 0.246 e. The second-order valence-electron chi connectivity index (χ2n) is 7.45. The fourth-order valence-corrected chi connectivity index (χ4v) is 3.51. The van der Waals surface area contributed by atoms with Crippen molar-refractivity contribution in [2.24, 2.45) is 0 Å². The van der Waals surface area contributed by atoms with Gasteiger partial charge in [0.1, 0.15) is 17.9 Å². The number of hydrogen-bond donors (Lipinski definition) is 0. The van der Waals surface area contributed by atoms with Crippen molar-refractivity contribution in [1.82, 2.24) is 24.4 Å². The molecule has 32 heavy (non-hydrogen) atoms. The molecule has 0 fully saturated rings. The number of ether oxygens (including phenoxy) is 1. The molecule has 0 radical (unpaired) electrons. The summed E-state index contributed by atoms with van der Waals surface area (Å²) in [4.78, 5) is 26.4. The summed E-state index contributed by atoms with van der Waals surface area (Å²) in [6, 6.07) is 7.83. The number of likely N-dealkylation sites (N-methyl/N-ethyl adjacent to an activating group) is 1. The van der Waals surface area contributed by atoms with E-state index in [0.29, 0.717) is 10.8 Å². The van der Waals surface area contributed by atoms with Crippen LogP contribution in [-0.4, -0.2) is 44.4 Å². The summed E-state index contributed by atoms with van der Waals surface area (Å²) in [6.45, 7) is 2.15. The lowest BCUT2D eigenvalue weighted by molar-refractivity contribution is -0.123. The normalized spacial score (nSPS) is 11.2. The summed E-state index contributed by atoms with van der Waals surface area (Å²) >= 11 is 6.41. The number of carbonyl (C=O) groups is 1. The Morgan fingerprint density at radius 1 is 1.25 bits per heavy atom. The van der Waals surface area contributed by atoms with Crippen LogP contribution in [0.1, 0.15) is 16.8 Å². The van der Waals surface area contributed by atoms with E-state index in [0.717, 1.165) is 33.4 Å². The van der Waals surface area contributed by atoms with Crippen molar-refractivity contribution in [3.05, 3.63) is 83.3 Å². The fraction of sp³-hybridized carbons (Fsp3) is 0.167. The minimum atomic E-state index is -0.127. The lowest BCUT2D eigenvalue weighted by atomic mass is 10.1. The Balaban J connectivity index is 1.68. The average Bonchev–Trinajstić information content (AvgIpc) is 3.31. The van der Waals surface area contributed by atoms with E-state index >= 15 is 0 Å². The molecule has 0 N–H and O–H groups in total. The van der Waals surface area contributed by atoms with Crippen molar-refractivity contribution in [1.29, 1.82) is 0 Å². The summed E-state index contributed by atoms with van der Waals surface area (Å²) in [5, 5.41) is 1.41. The zero-order valence-corrected chi connectivity index (χ0v) is 18.7. The highest BCUT2D eigenvalue weighted by molar-refractivity contribution is 6.31. The van der Waals surface area contributed by atoms with Crippen molar-refractivity contribution < 1.29 is 9.53 Å². The van der Waals surface area contributed by atoms with Gasteiger partial charge in [-0.05, 0) is 25.1 Å². The number of pyridine rings is 2. The van der Waals surface area contributed by atoms with Gasteiger partial charge in [0.05, 0.1) is 17.0 Å². The fourth-order valence-electron chi connectivity index (χ4n) is 3.29. The topological polar surface area (TPSA) is 73.1 Å². The Morgan fingerprint density at radius 3 is 2.84 bits per heavy atom. The van der Waals surface area contributed by atoms with E-state index in [1.54, 1.807) is 45.1 Å². The van der Waals surface area contributed by atoms with Crippen LogP contribution in [0.5, 0.6) is 5.75 Å². The summed E-state index contributed by atoms with van der Waals surface area (Å²) < 4.78 is 8.13. The van der Waals surface area contributed by atoms with E-state index in [1.165, 1.54) is 11.0 Å². The highest BCUT2D eigenvalue weighted by Crippen LogP contribution is 2.31. The molecule has 0 aliphatic heterocycles. The summed E-state index contributed by atoms with van der Waals surface area (Å²) in [7, 11) is 3.39. The molecular weight excluding hydrogens is 426 g/mol. The van der Waals surface area contributed by atoms with Gasteiger partial charge in [-0.1, -0.05) is 23.7 Å². The highest BCUT2D eigenvalue weighted by Gasteiger charge is 2.13. The van der Waals surface area contributed by atoms with Crippen LogP contribution in [0.3, 0.4) is 0 Å². The molecule has 1 amide bonds. The number of amides is 1. The van der Waals surface area contributed by atoms with E-state index in [9.17, 15) is 4.79 Å². The van der Waals surface area contributed by atoms with Gasteiger partial charge >= 0.3 is 0 Å². The van der Waals surface area contributed by atoms with Crippen molar-refractivity contribution in [3.63, 3.8) is 0 Å². The molecule has 0 saturated carbocycles. The molecule has 0 bridgehead atoms. The van der Waals surface area contributed by atoms with Gasteiger partial charge in [0, 0.05) is 67.2 Å². The molecule has 1 aromatic carbocycles. The van der Waals surface area contributed by atoms with Crippen molar-refractivity contribution >= 4 is 34.5 Å². The minimum Gasteiger partial charge on any atom is -0.487 e. The molecule has 0 spiro atoms. The first-order valence-electron chi connectivity index (χ1n) is 9.97. The van der Waals surface area contributed by atoms with Gasteiger partial charge in [0.15, 0.2) is 0 Å². The third-order valence-electron chi connectivity index (χ3n) is 4.95. The van der Waals surface area contributed by atoms with Crippen LogP contribution in [0.25, 0.3) is 22.7 Å². The van der Waals surface area contributed by atoms with Gasteiger partial charge < -0.3 is 14.2 Å². The first-order chi connectivity index (χ1) is 15.4. The number of para-hydroxylation sites is 1. The first-order valence-corrected chi connectivity index (χ1v) is 10.3. The third kappa shape index (κ3) is 4.48. The van der Waals surface area contributed by atoms with Gasteiger partial charge in [-0.15, -0.1) is 0 Å². The Labute approximate surface area is 191 Å². The van der Waals surface area contributed by atoms with Gasteiger partial charge in [-0.3, -0.25) is 9.78 Å². The largest absolute Gasteiger partial charge is 0.487 e. The predicted octanol–water partition coefficient (Wildman–Crippen LogP) is 4.46. The molecule has 3 aromatic heterocycles. The summed E-state index contributed by atoms with van der Waals surface area (Å²) in [5.74, 6) is 0.511. The quantitative estimate of drug-likeness (QED) is 0.408. The molecule has 3 heterocycles. The Morgan fingerprint density at radius 2 is 2.09 bits per heavy atom. The van der Waals surface area contributed by atoms with Crippen LogP contribution in [0.2, 0.25) is 5.02 Å². The number of aromatic nitrogens is 4.